The van der Waals surface area contributed by atoms with Crippen LogP contribution >= 0.6 is 11.6 Å². The molecule has 78 valence electrons. The summed E-state index contributed by atoms with van der Waals surface area (Å²) in [5.74, 6) is 3.33. The molecule has 0 heterocycles. The standard InChI is InChI=1S/C14H15Cl/c1-2-11-9-6-10-13(15)14(11)12-7-4-3-5-8-12/h1,6,9-10,12H,3-5,7-8H2. The predicted octanol–water partition coefficient (Wildman–Crippen LogP) is 4.37. The maximum Gasteiger partial charge on any atom is 0.0453 e. The summed E-state index contributed by atoms with van der Waals surface area (Å²) >= 11 is 6.25. The first kappa shape index (κ1) is 10.6. The van der Waals surface area contributed by atoms with Gasteiger partial charge in [0.05, 0.1) is 0 Å². The van der Waals surface area contributed by atoms with Crippen LogP contribution < -0.4 is 0 Å². The predicted molar refractivity (Wildman–Crippen MR) is 65.2 cm³/mol. The van der Waals surface area contributed by atoms with Gasteiger partial charge in [0.25, 0.3) is 0 Å². The molecule has 1 saturated carbocycles. The van der Waals surface area contributed by atoms with E-state index in [1.807, 2.05) is 18.2 Å². The molecule has 2 rings (SSSR count). The number of rotatable bonds is 1. The molecule has 1 aromatic rings. The number of benzene rings is 1. The third kappa shape index (κ3) is 2.19. The summed E-state index contributed by atoms with van der Waals surface area (Å²) in [7, 11) is 0. The zero-order chi connectivity index (χ0) is 10.7. The van der Waals surface area contributed by atoms with Crippen molar-refractivity contribution in [2.75, 3.05) is 0 Å². The molecule has 0 spiro atoms. The molecule has 0 nitrogen and oxygen atoms in total. The molecule has 0 N–H and O–H groups in total. The molecular formula is C14H15Cl. The second-order valence-electron chi connectivity index (χ2n) is 4.18. The maximum atomic E-state index is 6.25. The van der Waals surface area contributed by atoms with Gasteiger partial charge in [0.2, 0.25) is 0 Å². The van der Waals surface area contributed by atoms with E-state index in [1.54, 1.807) is 0 Å². The van der Waals surface area contributed by atoms with Crippen LogP contribution in [0.15, 0.2) is 18.2 Å². The molecule has 0 atom stereocenters. The van der Waals surface area contributed by atoms with Crippen LogP contribution in [0.2, 0.25) is 5.02 Å². The lowest BCUT2D eigenvalue weighted by molar-refractivity contribution is 0.443. The van der Waals surface area contributed by atoms with Gasteiger partial charge in [-0.1, -0.05) is 42.9 Å². The van der Waals surface area contributed by atoms with E-state index in [4.69, 9.17) is 18.0 Å². The van der Waals surface area contributed by atoms with Crippen LogP contribution in [0.1, 0.15) is 49.1 Å². The summed E-state index contributed by atoms with van der Waals surface area (Å²) in [6.45, 7) is 0. The van der Waals surface area contributed by atoms with Crippen LogP contribution in [0.25, 0.3) is 0 Å². The minimum absolute atomic E-state index is 0.582. The molecule has 0 aliphatic heterocycles. The molecule has 0 radical (unpaired) electrons. The van der Waals surface area contributed by atoms with E-state index in [9.17, 15) is 0 Å². The normalized spacial score (nSPS) is 17.3. The van der Waals surface area contributed by atoms with Crippen LogP contribution in [-0.2, 0) is 0 Å². The van der Waals surface area contributed by atoms with Crippen molar-refractivity contribution in [3.63, 3.8) is 0 Å². The molecule has 1 fully saturated rings. The van der Waals surface area contributed by atoms with Crippen molar-refractivity contribution in [2.24, 2.45) is 0 Å². The summed E-state index contributed by atoms with van der Waals surface area (Å²) < 4.78 is 0. The molecular weight excluding hydrogens is 204 g/mol. The van der Waals surface area contributed by atoms with E-state index in [0.717, 1.165) is 10.6 Å². The molecule has 0 saturated heterocycles. The summed E-state index contributed by atoms with van der Waals surface area (Å²) in [5.41, 5.74) is 2.19. The quantitative estimate of drug-likeness (QED) is 0.614. The Morgan fingerprint density at radius 1 is 1.20 bits per heavy atom. The molecule has 1 aliphatic carbocycles. The topological polar surface area (TPSA) is 0 Å². The number of hydrogen-bond donors (Lipinski definition) is 0. The van der Waals surface area contributed by atoms with E-state index >= 15 is 0 Å². The molecule has 1 aliphatic rings. The fourth-order valence-corrected chi connectivity index (χ4v) is 2.80. The van der Waals surface area contributed by atoms with Gasteiger partial charge in [-0.15, -0.1) is 6.42 Å². The largest absolute Gasteiger partial charge is 0.115 e. The Morgan fingerprint density at radius 3 is 2.60 bits per heavy atom. The summed E-state index contributed by atoms with van der Waals surface area (Å²) in [5, 5.41) is 0.845. The monoisotopic (exact) mass is 218 g/mol. The zero-order valence-corrected chi connectivity index (χ0v) is 9.56. The van der Waals surface area contributed by atoms with Crippen molar-refractivity contribution in [1.29, 1.82) is 0 Å². The summed E-state index contributed by atoms with van der Waals surface area (Å²) in [6.07, 6.45) is 12.0. The van der Waals surface area contributed by atoms with E-state index in [2.05, 4.69) is 5.92 Å². The molecule has 0 aromatic heterocycles. The Hall–Kier alpha value is -0.930. The highest BCUT2D eigenvalue weighted by atomic mass is 35.5. The van der Waals surface area contributed by atoms with Gasteiger partial charge in [-0.3, -0.25) is 0 Å². The summed E-state index contributed by atoms with van der Waals surface area (Å²) in [4.78, 5) is 0. The Bertz CT molecular complexity index is 381. The van der Waals surface area contributed by atoms with Crippen molar-refractivity contribution >= 4 is 11.6 Å². The molecule has 1 heteroatoms. The third-order valence-corrected chi connectivity index (χ3v) is 3.55. The fourth-order valence-electron chi connectivity index (χ4n) is 2.47. The van der Waals surface area contributed by atoms with Crippen molar-refractivity contribution in [3.8, 4) is 12.3 Å². The SMILES string of the molecule is C#Cc1cccc(Cl)c1C1CCCCC1. The molecule has 15 heavy (non-hydrogen) atoms. The minimum atomic E-state index is 0.582. The zero-order valence-electron chi connectivity index (χ0n) is 8.80. The van der Waals surface area contributed by atoms with Gasteiger partial charge in [0, 0.05) is 10.6 Å². The Balaban J connectivity index is 2.37. The Morgan fingerprint density at radius 2 is 1.93 bits per heavy atom. The number of halogens is 1. The van der Waals surface area contributed by atoms with E-state index in [0.29, 0.717) is 5.92 Å². The lowest BCUT2D eigenvalue weighted by atomic mass is 9.82. The van der Waals surface area contributed by atoms with Crippen molar-refractivity contribution in [2.45, 2.75) is 38.0 Å². The van der Waals surface area contributed by atoms with Crippen LogP contribution in [0, 0.1) is 12.3 Å². The highest BCUT2D eigenvalue weighted by Gasteiger charge is 2.20. The van der Waals surface area contributed by atoms with Crippen molar-refractivity contribution in [1.82, 2.24) is 0 Å². The van der Waals surface area contributed by atoms with Crippen LogP contribution in [0.3, 0.4) is 0 Å². The lowest BCUT2D eigenvalue weighted by Gasteiger charge is -2.24. The first-order valence-corrected chi connectivity index (χ1v) is 5.95. The highest BCUT2D eigenvalue weighted by molar-refractivity contribution is 6.31. The van der Waals surface area contributed by atoms with Gasteiger partial charge in [-0.2, -0.15) is 0 Å². The van der Waals surface area contributed by atoms with Gasteiger partial charge < -0.3 is 0 Å². The average Bonchev–Trinajstić information content (AvgIpc) is 2.29. The van der Waals surface area contributed by atoms with E-state index in [1.165, 1.54) is 37.7 Å². The van der Waals surface area contributed by atoms with Gasteiger partial charge in [0.1, 0.15) is 0 Å². The maximum absolute atomic E-state index is 6.25. The van der Waals surface area contributed by atoms with Gasteiger partial charge in [-0.25, -0.2) is 0 Å². The molecule has 0 unspecified atom stereocenters. The van der Waals surface area contributed by atoms with Crippen LogP contribution in [0.5, 0.6) is 0 Å². The van der Waals surface area contributed by atoms with Crippen LogP contribution in [0.4, 0.5) is 0 Å². The van der Waals surface area contributed by atoms with E-state index < -0.39 is 0 Å². The average molecular weight is 219 g/mol. The van der Waals surface area contributed by atoms with Gasteiger partial charge >= 0.3 is 0 Å². The van der Waals surface area contributed by atoms with Gasteiger partial charge in [-0.05, 0) is 36.5 Å². The second kappa shape index (κ2) is 4.73. The smallest absolute Gasteiger partial charge is 0.0453 e. The van der Waals surface area contributed by atoms with Crippen molar-refractivity contribution < 1.29 is 0 Å². The lowest BCUT2D eigenvalue weighted by Crippen LogP contribution is -2.07. The number of terminal acetylenes is 1. The minimum Gasteiger partial charge on any atom is -0.115 e. The third-order valence-electron chi connectivity index (χ3n) is 3.22. The van der Waals surface area contributed by atoms with Crippen molar-refractivity contribution in [3.05, 3.63) is 34.3 Å². The summed E-state index contributed by atoms with van der Waals surface area (Å²) in [6, 6.07) is 5.88. The molecule has 1 aromatic carbocycles. The number of hydrogen-bond acceptors (Lipinski definition) is 0. The van der Waals surface area contributed by atoms with Crippen LogP contribution in [-0.4, -0.2) is 0 Å². The fraction of sp³-hybridized carbons (Fsp3) is 0.429. The Kier molecular flexibility index (Phi) is 3.34. The van der Waals surface area contributed by atoms with Gasteiger partial charge in [0.15, 0.2) is 0 Å². The first-order chi connectivity index (χ1) is 7.33. The van der Waals surface area contributed by atoms with E-state index in [-0.39, 0.29) is 0 Å². The first-order valence-electron chi connectivity index (χ1n) is 5.58. The molecule has 0 bridgehead atoms. The highest BCUT2D eigenvalue weighted by Crippen LogP contribution is 2.37. The molecule has 0 amide bonds. The Labute approximate surface area is 96.6 Å². The second-order valence-corrected chi connectivity index (χ2v) is 4.59.